The lowest BCUT2D eigenvalue weighted by Gasteiger charge is -2.30. The van der Waals surface area contributed by atoms with E-state index in [4.69, 9.17) is 9.47 Å². The van der Waals surface area contributed by atoms with E-state index in [9.17, 15) is 14.7 Å². The van der Waals surface area contributed by atoms with Crippen molar-refractivity contribution in [1.29, 1.82) is 0 Å². The molecule has 21 heavy (non-hydrogen) atoms. The Balaban J connectivity index is 1.94. The highest BCUT2D eigenvalue weighted by molar-refractivity contribution is 5.89. The zero-order valence-corrected chi connectivity index (χ0v) is 12.6. The van der Waals surface area contributed by atoms with Gasteiger partial charge in [-0.15, -0.1) is 0 Å². The molecule has 120 valence electrons. The number of aliphatic carboxylic acids is 1. The van der Waals surface area contributed by atoms with Crippen LogP contribution in [0.5, 0.6) is 0 Å². The van der Waals surface area contributed by atoms with Crippen LogP contribution in [0.4, 0.5) is 0 Å². The first-order valence-corrected chi connectivity index (χ1v) is 7.86. The molecule has 1 saturated heterocycles. The summed E-state index contributed by atoms with van der Waals surface area (Å²) in [5, 5.41) is 12.0. The second-order valence-electron chi connectivity index (χ2n) is 5.97. The lowest BCUT2D eigenvalue weighted by molar-refractivity contribution is -0.152. The Hall–Kier alpha value is -1.14. The first kappa shape index (κ1) is 16.2. The average Bonchev–Trinajstić information content (AvgIpc) is 2.95. The van der Waals surface area contributed by atoms with Gasteiger partial charge in [-0.2, -0.15) is 0 Å². The van der Waals surface area contributed by atoms with Gasteiger partial charge in [0.25, 0.3) is 0 Å². The van der Waals surface area contributed by atoms with Gasteiger partial charge in [0.05, 0.1) is 12.7 Å². The second kappa shape index (κ2) is 7.22. The van der Waals surface area contributed by atoms with Gasteiger partial charge in [0.1, 0.15) is 6.10 Å². The van der Waals surface area contributed by atoms with Crippen LogP contribution in [-0.2, 0) is 19.1 Å². The minimum Gasteiger partial charge on any atom is -0.479 e. The molecule has 1 saturated carbocycles. The first-order valence-electron chi connectivity index (χ1n) is 7.86. The fourth-order valence-electron chi connectivity index (χ4n) is 2.98. The molecule has 0 aromatic heterocycles. The van der Waals surface area contributed by atoms with E-state index in [0.717, 1.165) is 25.7 Å². The minimum atomic E-state index is -1.29. The fraction of sp³-hybridized carbons (Fsp3) is 0.867. The van der Waals surface area contributed by atoms with Crippen LogP contribution < -0.4 is 5.32 Å². The third-order valence-corrected chi connectivity index (χ3v) is 4.37. The fourth-order valence-corrected chi connectivity index (χ4v) is 2.98. The molecule has 2 unspecified atom stereocenters. The van der Waals surface area contributed by atoms with E-state index in [1.54, 1.807) is 0 Å². The minimum absolute atomic E-state index is 0.0218. The highest BCUT2D eigenvalue weighted by Gasteiger charge is 2.45. The number of hydrogen-bond acceptors (Lipinski definition) is 4. The highest BCUT2D eigenvalue weighted by atomic mass is 16.5. The van der Waals surface area contributed by atoms with Crippen LogP contribution in [0.2, 0.25) is 0 Å². The van der Waals surface area contributed by atoms with Crippen molar-refractivity contribution in [2.24, 2.45) is 0 Å². The molecule has 0 bridgehead atoms. The van der Waals surface area contributed by atoms with Crippen LogP contribution in [0.3, 0.4) is 0 Å². The Kier molecular flexibility index (Phi) is 5.58. The molecular formula is C15H25NO5. The molecule has 2 N–H and O–H groups in total. The number of amides is 1. The van der Waals surface area contributed by atoms with Crippen LogP contribution >= 0.6 is 0 Å². The van der Waals surface area contributed by atoms with Gasteiger partial charge in [-0.05, 0) is 19.3 Å². The van der Waals surface area contributed by atoms with Crippen LogP contribution in [0.15, 0.2) is 0 Å². The number of carbonyl (C=O) groups is 2. The Bertz CT molecular complexity index is 372. The lowest BCUT2D eigenvalue weighted by atomic mass is 9.97. The molecule has 1 heterocycles. The summed E-state index contributed by atoms with van der Waals surface area (Å²) < 4.78 is 11.0. The van der Waals surface area contributed by atoms with Crippen molar-refractivity contribution in [1.82, 2.24) is 5.32 Å². The van der Waals surface area contributed by atoms with Crippen molar-refractivity contribution >= 4 is 11.9 Å². The molecule has 0 spiro atoms. The number of carbonyl (C=O) groups excluding carboxylic acids is 1. The highest BCUT2D eigenvalue weighted by Crippen LogP contribution is 2.23. The standard InChI is InChI=1S/C15H25NO5/c1-2-12(21-11-6-4-3-5-7-11)13(17)16-15(14(18)19)8-9-20-10-15/h11-12H,2-10H2,1H3,(H,16,17)(H,18,19). The molecule has 0 aromatic rings. The first-order chi connectivity index (χ1) is 10.1. The van der Waals surface area contributed by atoms with Gasteiger partial charge >= 0.3 is 5.97 Å². The number of hydrogen-bond donors (Lipinski definition) is 2. The molecule has 1 aliphatic heterocycles. The van der Waals surface area contributed by atoms with Crippen molar-refractivity contribution in [2.45, 2.75) is 69.6 Å². The van der Waals surface area contributed by atoms with Gasteiger partial charge in [-0.25, -0.2) is 4.79 Å². The SMILES string of the molecule is CCC(OC1CCCCC1)C(=O)NC1(C(=O)O)CCOC1. The van der Waals surface area contributed by atoms with E-state index in [1.807, 2.05) is 6.92 Å². The van der Waals surface area contributed by atoms with Crippen molar-refractivity contribution in [3.63, 3.8) is 0 Å². The van der Waals surface area contributed by atoms with Crippen LogP contribution in [-0.4, -0.2) is 47.9 Å². The van der Waals surface area contributed by atoms with Crippen LogP contribution in [0.1, 0.15) is 51.9 Å². The smallest absolute Gasteiger partial charge is 0.331 e. The van der Waals surface area contributed by atoms with Crippen molar-refractivity contribution in [3.8, 4) is 0 Å². The molecule has 2 atom stereocenters. The quantitative estimate of drug-likeness (QED) is 0.776. The number of ether oxygens (including phenoxy) is 2. The summed E-state index contributed by atoms with van der Waals surface area (Å²) >= 11 is 0. The second-order valence-corrected chi connectivity index (χ2v) is 5.97. The largest absolute Gasteiger partial charge is 0.479 e. The molecular weight excluding hydrogens is 274 g/mol. The molecule has 2 aliphatic rings. The summed E-state index contributed by atoms with van der Waals surface area (Å²) in [6, 6.07) is 0. The third-order valence-electron chi connectivity index (χ3n) is 4.37. The topological polar surface area (TPSA) is 84.9 Å². The van der Waals surface area contributed by atoms with Crippen molar-refractivity contribution in [3.05, 3.63) is 0 Å². The predicted molar refractivity (Wildman–Crippen MR) is 76.0 cm³/mol. The zero-order chi connectivity index (χ0) is 15.3. The molecule has 2 fully saturated rings. The number of nitrogens with one attached hydrogen (secondary N) is 1. The molecule has 0 aromatic carbocycles. The Morgan fingerprint density at radius 2 is 2.10 bits per heavy atom. The summed E-state index contributed by atoms with van der Waals surface area (Å²) in [7, 11) is 0. The van der Waals surface area contributed by atoms with Crippen LogP contribution in [0.25, 0.3) is 0 Å². The van der Waals surface area contributed by atoms with Crippen molar-refractivity contribution < 1.29 is 24.2 Å². The summed E-state index contributed by atoms with van der Waals surface area (Å²) in [5.74, 6) is -1.38. The van der Waals surface area contributed by atoms with E-state index >= 15 is 0 Å². The van der Waals surface area contributed by atoms with Gasteiger partial charge < -0.3 is 19.9 Å². The van der Waals surface area contributed by atoms with Gasteiger partial charge in [0.2, 0.25) is 5.91 Å². The maximum atomic E-state index is 12.4. The summed E-state index contributed by atoms with van der Waals surface area (Å²) in [6.45, 7) is 2.26. The monoisotopic (exact) mass is 299 g/mol. The Morgan fingerprint density at radius 3 is 2.62 bits per heavy atom. The van der Waals surface area contributed by atoms with Gasteiger partial charge in [0, 0.05) is 13.0 Å². The molecule has 6 heteroatoms. The number of rotatable bonds is 6. The van der Waals surface area contributed by atoms with E-state index in [0.29, 0.717) is 19.4 Å². The molecule has 1 aliphatic carbocycles. The normalized spacial score (nSPS) is 28.2. The number of carboxylic acids is 1. The van der Waals surface area contributed by atoms with Crippen molar-refractivity contribution in [2.75, 3.05) is 13.2 Å². The molecule has 0 radical (unpaired) electrons. The van der Waals surface area contributed by atoms with E-state index in [2.05, 4.69) is 5.32 Å². The van der Waals surface area contributed by atoms with E-state index in [-0.39, 0.29) is 18.6 Å². The third kappa shape index (κ3) is 3.95. The van der Waals surface area contributed by atoms with Gasteiger partial charge in [-0.1, -0.05) is 26.2 Å². The molecule has 2 rings (SSSR count). The van der Waals surface area contributed by atoms with Gasteiger partial charge in [0.15, 0.2) is 5.54 Å². The Morgan fingerprint density at radius 1 is 1.38 bits per heavy atom. The maximum Gasteiger partial charge on any atom is 0.331 e. The summed E-state index contributed by atoms with van der Waals surface area (Å²) in [6.07, 6.45) is 5.84. The van der Waals surface area contributed by atoms with Crippen LogP contribution in [0, 0.1) is 0 Å². The molecule has 6 nitrogen and oxygen atoms in total. The van der Waals surface area contributed by atoms with E-state index < -0.39 is 17.6 Å². The van der Waals surface area contributed by atoms with E-state index in [1.165, 1.54) is 6.42 Å². The predicted octanol–water partition coefficient (Wildman–Crippen LogP) is 1.47. The number of carboxylic acid groups (broad SMARTS) is 1. The Labute approximate surface area is 125 Å². The zero-order valence-electron chi connectivity index (χ0n) is 12.6. The molecule has 1 amide bonds. The summed E-state index contributed by atoms with van der Waals surface area (Å²) in [4.78, 5) is 23.8. The lowest BCUT2D eigenvalue weighted by Crippen LogP contribution is -2.58. The van der Waals surface area contributed by atoms with Gasteiger partial charge in [-0.3, -0.25) is 4.79 Å². The average molecular weight is 299 g/mol. The maximum absolute atomic E-state index is 12.4. The summed E-state index contributed by atoms with van der Waals surface area (Å²) in [5.41, 5.74) is -1.29.